The Labute approximate surface area is 217 Å². The van der Waals surface area contributed by atoms with E-state index in [1.54, 1.807) is 0 Å². The van der Waals surface area contributed by atoms with Gasteiger partial charge in [0.2, 0.25) is 0 Å². The lowest BCUT2D eigenvalue weighted by Gasteiger charge is -2.57. The Hall–Kier alpha value is -3.42. The summed E-state index contributed by atoms with van der Waals surface area (Å²) in [5, 5.41) is -0.139. The van der Waals surface area contributed by atoms with Crippen molar-refractivity contribution in [3.63, 3.8) is 0 Å². The summed E-state index contributed by atoms with van der Waals surface area (Å²) in [4.78, 5) is 0. The van der Waals surface area contributed by atoms with Crippen molar-refractivity contribution in [2.45, 2.75) is 43.3 Å². The van der Waals surface area contributed by atoms with Crippen molar-refractivity contribution >= 4 is 14.1 Å². The van der Waals surface area contributed by atoms with Crippen LogP contribution in [0.2, 0.25) is 13.1 Å². The number of hydrogen-bond donors (Lipinski definition) is 0. The predicted molar refractivity (Wildman–Crippen MR) is 157 cm³/mol. The summed E-state index contributed by atoms with van der Waals surface area (Å²) >= 11 is 0. The van der Waals surface area contributed by atoms with Gasteiger partial charge in [0, 0.05) is 16.4 Å². The van der Waals surface area contributed by atoms with Crippen LogP contribution in [0.15, 0.2) is 121 Å². The molecule has 0 aliphatic heterocycles. The highest BCUT2D eigenvalue weighted by Gasteiger charge is 2.63. The highest BCUT2D eigenvalue weighted by Crippen LogP contribution is 2.65. The van der Waals surface area contributed by atoms with Gasteiger partial charge in [-0.2, -0.15) is 0 Å². The standard InChI is InChI=1S/C35H34Si/c1-5-25-36(3,4)35(24-23-26-15-9-14-22-32(26)35)34(2,27-16-7-6-8-17-27)33-30-20-12-10-18-28(30)29-19-11-13-21-31(29)33/h5-25,33H,1-4H3. The zero-order chi connectivity index (χ0) is 25.0. The molecule has 6 rings (SSSR count). The van der Waals surface area contributed by atoms with Crippen molar-refractivity contribution in [1.29, 1.82) is 0 Å². The van der Waals surface area contributed by atoms with Gasteiger partial charge in [-0.15, -0.1) is 0 Å². The number of allylic oxidation sites excluding steroid dienone is 2. The summed E-state index contributed by atoms with van der Waals surface area (Å²) in [5.74, 6) is 0.236. The average molecular weight is 483 g/mol. The molecule has 1 heteroatoms. The van der Waals surface area contributed by atoms with E-state index < -0.39 is 8.07 Å². The molecule has 4 aromatic rings. The molecule has 0 bridgehead atoms. The van der Waals surface area contributed by atoms with E-state index in [0.717, 1.165) is 0 Å². The smallest absolute Gasteiger partial charge is 0.0874 e. The number of fused-ring (bicyclic) bond motifs is 4. The number of hydrogen-bond acceptors (Lipinski definition) is 0. The van der Waals surface area contributed by atoms with Crippen LogP contribution in [0.1, 0.15) is 47.6 Å². The second kappa shape index (κ2) is 8.32. The predicted octanol–water partition coefficient (Wildman–Crippen LogP) is 9.08. The molecule has 0 nitrogen and oxygen atoms in total. The van der Waals surface area contributed by atoms with Crippen LogP contribution in [0.3, 0.4) is 0 Å². The van der Waals surface area contributed by atoms with Crippen molar-refractivity contribution in [2.24, 2.45) is 0 Å². The largest absolute Gasteiger partial charge is 0.0977 e. The first-order valence-corrected chi connectivity index (χ1v) is 16.2. The third-order valence-electron chi connectivity index (χ3n) is 9.10. The quantitative estimate of drug-likeness (QED) is 0.249. The fraction of sp³-hybridized carbons (Fsp3) is 0.200. The van der Waals surface area contributed by atoms with Gasteiger partial charge in [0.25, 0.3) is 0 Å². The second-order valence-electron chi connectivity index (χ2n) is 11.1. The molecule has 36 heavy (non-hydrogen) atoms. The van der Waals surface area contributed by atoms with Crippen LogP contribution in [0.5, 0.6) is 0 Å². The van der Waals surface area contributed by atoms with E-state index in [4.69, 9.17) is 0 Å². The Balaban J connectivity index is 1.77. The minimum atomic E-state index is -2.07. The Kier molecular flexibility index (Phi) is 5.32. The van der Waals surface area contributed by atoms with E-state index in [-0.39, 0.29) is 16.4 Å². The third-order valence-corrected chi connectivity index (χ3v) is 13.3. The van der Waals surface area contributed by atoms with Gasteiger partial charge in [-0.05, 0) is 45.9 Å². The van der Waals surface area contributed by atoms with Crippen LogP contribution in [-0.4, -0.2) is 8.07 Å². The van der Waals surface area contributed by atoms with Crippen LogP contribution in [0.4, 0.5) is 0 Å². The van der Waals surface area contributed by atoms with Crippen LogP contribution in [0.25, 0.3) is 17.2 Å². The van der Waals surface area contributed by atoms with Gasteiger partial charge in [-0.25, -0.2) is 0 Å². The molecule has 0 saturated heterocycles. The Morgan fingerprint density at radius 1 is 0.722 bits per heavy atom. The summed E-state index contributed by atoms with van der Waals surface area (Å²) in [6.45, 7) is 9.88. The molecule has 2 atom stereocenters. The van der Waals surface area contributed by atoms with Crippen LogP contribution in [0, 0.1) is 0 Å². The second-order valence-corrected chi connectivity index (χ2v) is 15.7. The minimum absolute atomic E-state index is 0.139. The van der Waals surface area contributed by atoms with Crippen molar-refractivity contribution in [3.8, 4) is 11.1 Å². The third kappa shape index (κ3) is 2.93. The first-order valence-electron chi connectivity index (χ1n) is 13.1. The molecule has 0 saturated carbocycles. The van der Waals surface area contributed by atoms with Gasteiger partial charge >= 0.3 is 0 Å². The van der Waals surface area contributed by atoms with E-state index in [1.807, 2.05) is 0 Å². The lowest BCUT2D eigenvalue weighted by Crippen LogP contribution is -2.62. The van der Waals surface area contributed by atoms with Crippen LogP contribution in [-0.2, 0) is 10.5 Å². The lowest BCUT2D eigenvalue weighted by atomic mass is 9.59. The molecule has 2 unspecified atom stereocenters. The summed E-state index contributed by atoms with van der Waals surface area (Å²) in [7, 11) is -2.07. The van der Waals surface area contributed by atoms with Crippen molar-refractivity contribution < 1.29 is 0 Å². The Morgan fingerprint density at radius 3 is 1.92 bits per heavy atom. The fourth-order valence-corrected chi connectivity index (χ4v) is 11.9. The maximum absolute atomic E-state index is 2.60. The van der Waals surface area contributed by atoms with Crippen molar-refractivity contribution in [1.82, 2.24) is 0 Å². The molecule has 0 spiro atoms. The van der Waals surface area contributed by atoms with E-state index in [2.05, 4.69) is 154 Å². The van der Waals surface area contributed by atoms with Gasteiger partial charge in [-0.3, -0.25) is 0 Å². The number of rotatable bonds is 5. The molecule has 2 aliphatic carbocycles. The summed E-state index contributed by atoms with van der Waals surface area (Å²) in [6.07, 6.45) is 7.30. The zero-order valence-electron chi connectivity index (χ0n) is 21.7. The maximum Gasteiger partial charge on any atom is 0.0874 e. The fourth-order valence-electron chi connectivity index (χ4n) is 7.72. The van der Waals surface area contributed by atoms with Gasteiger partial charge in [0.15, 0.2) is 0 Å². The summed E-state index contributed by atoms with van der Waals surface area (Å²) in [5.41, 5.74) is 12.3. The molecule has 2 aliphatic rings. The molecular formula is C35H34Si. The lowest BCUT2D eigenvalue weighted by molar-refractivity contribution is 0.334. The number of benzene rings is 4. The van der Waals surface area contributed by atoms with Gasteiger partial charge in [-0.1, -0.05) is 147 Å². The molecule has 0 fully saturated rings. The van der Waals surface area contributed by atoms with Crippen molar-refractivity contribution in [2.75, 3.05) is 0 Å². The molecule has 0 heterocycles. The first kappa shape index (κ1) is 23.0. The summed E-state index contributed by atoms with van der Waals surface area (Å²) in [6, 6.07) is 38.7. The highest BCUT2D eigenvalue weighted by atomic mass is 28.3. The monoisotopic (exact) mass is 482 g/mol. The van der Waals surface area contributed by atoms with Gasteiger partial charge in [0.05, 0.1) is 8.07 Å². The Morgan fingerprint density at radius 2 is 1.28 bits per heavy atom. The van der Waals surface area contributed by atoms with Crippen molar-refractivity contribution in [3.05, 3.63) is 149 Å². The SMILES string of the molecule is CC=C[Si](C)(C)C1(C(C)(c2ccccc2)C2c3ccccc3-c3ccccc32)C=Cc2ccccc21. The zero-order valence-corrected chi connectivity index (χ0v) is 22.7. The van der Waals surface area contributed by atoms with E-state index in [9.17, 15) is 0 Å². The van der Waals surface area contributed by atoms with E-state index in [1.165, 1.54) is 38.9 Å². The van der Waals surface area contributed by atoms with E-state index in [0.29, 0.717) is 0 Å². The normalized spacial score (nSPS) is 20.2. The molecule has 178 valence electrons. The first-order chi connectivity index (χ1) is 17.5. The van der Waals surface area contributed by atoms with Gasteiger partial charge < -0.3 is 0 Å². The van der Waals surface area contributed by atoms with Crippen LogP contribution >= 0.6 is 0 Å². The van der Waals surface area contributed by atoms with E-state index >= 15 is 0 Å². The Bertz CT molecular complexity index is 1450. The summed E-state index contributed by atoms with van der Waals surface area (Å²) < 4.78 is 0. The molecule has 0 N–H and O–H groups in total. The van der Waals surface area contributed by atoms with Crippen LogP contribution < -0.4 is 0 Å². The molecule has 4 aromatic carbocycles. The highest BCUT2D eigenvalue weighted by molar-refractivity contribution is 6.86. The topological polar surface area (TPSA) is 0 Å². The minimum Gasteiger partial charge on any atom is -0.0977 e. The molecular weight excluding hydrogens is 448 g/mol. The molecule has 0 aromatic heterocycles. The average Bonchev–Trinajstić information content (AvgIpc) is 3.47. The van der Waals surface area contributed by atoms with Gasteiger partial charge in [0.1, 0.15) is 0 Å². The maximum atomic E-state index is 2.60. The molecule has 0 radical (unpaired) electrons. The molecule has 0 amide bonds.